The molecule has 0 saturated carbocycles. The Balaban J connectivity index is 1.91. The number of aromatic amines is 1. The van der Waals surface area contributed by atoms with E-state index in [0.29, 0.717) is 11.6 Å². The average Bonchev–Trinajstić information content (AvgIpc) is 3.25. The molecule has 3 aromatic rings. The van der Waals surface area contributed by atoms with Gasteiger partial charge in [-0.05, 0) is 6.92 Å². The first-order valence-corrected chi connectivity index (χ1v) is 8.07. The van der Waals surface area contributed by atoms with Crippen molar-refractivity contribution < 1.29 is 20.1 Å². The van der Waals surface area contributed by atoms with E-state index in [1.54, 1.807) is 11.1 Å². The topological polar surface area (TPSA) is 141 Å². The Morgan fingerprint density at radius 2 is 2.19 bits per heavy atom. The van der Waals surface area contributed by atoms with Crippen LogP contribution in [0.1, 0.15) is 13.2 Å². The summed E-state index contributed by atoms with van der Waals surface area (Å²) < 4.78 is 8.34. The standard InChI is InChI=1S/C15H20N6O5/c1-15(25)10(23)7(5-22)26-13(15)21-6-16-9-11(21)18-14-17-8(19(2)3)4-20(14)12(9)24/h4,6-7,10,13,22-23,25H,5H2,1-3H3,(H,17,18)/t7-,10-,13-,15-/m1/s1. The molecule has 0 amide bonds. The van der Waals surface area contributed by atoms with Crippen LogP contribution in [-0.2, 0) is 4.74 Å². The molecule has 140 valence electrons. The number of anilines is 1. The van der Waals surface area contributed by atoms with Crippen molar-refractivity contribution in [1.29, 1.82) is 0 Å². The highest BCUT2D eigenvalue weighted by Crippen LogP contribution is 2.39. The summed E-state index contributed by atoms with van der Waals surface area (Å²) in [6.45, 7) is 0.942. The molecule has 11 heteroatoms. The molecule has 0 aliphatic carbocycles. The quantitative estimate of drug-likeness (QED) is 0.437. The molecule has 1 aliphatic heterocycles. The van der Waals surface area contributed by atoms with Gasteiger partial charge in [-0.25, -0.2) is 9.38 Å². The number of fused-ring (bicyclic) bond motifs is 2. The van der Waals surface area contributed by atoms with Crippen molar-refractivity contribution in [3.8, 4) is 0 Å². The lowest BCUT2D eigenvalue weighted by atomic mass is 9.96. The molecular formula is C15H20N6O5. The van der Waals surface area contributed by atoms with Gasteiger partial charge in [0.25, 0.3) is 5.56 Å². The summed E-state index contributed by atoms with van der Waals surface area (Å²) in [6, 6.07) is 0. The second kappa shape index (κ2) is 5.51. The Bertz CT molecular complexity index is 1030. The van der Waals surface area contributed by atoms with E-state index in [1.807, 2.05) is 14.1 Å². The number of H-pyrrole nitrogens is 1. The highest BCUT2D eigenvalue weighted by atomic mass is 16.6. The monoisotopic (exact) mass is 364 g/mol. The SMILES string of the molecule is CN(C)c1cn2c(=O)c3ncn([C@@H]4O[C@H](CO)[C@@H](O)[C@@]4(C)O)c3nc2[nH]1. The van der Waals surface area contributed by atoms with Crippen molar-refractivity contribution in [2.24, 2.45) is 0 Å². The average molecular weight is 364 g/mol. The maximum atomic E-state index is 12.7. The first kappa shape index (κ1) is 17.0. The fourth-order valence-electron chi connectivity index (χ4n) is 3.25. The number of ether oxygens (including phenoxy) is 1. The largest absolute Gasteiger partial charge is 0.394 e. The molecule has 26 heavy (non-hydrogen) atoms. The second-order valence-electron chi connectivity index (χ2n) is 6.85. The van der Waals surface area contributed by atoms with Crippen LogP contribution in [-0.4, -0.2) is 77.8 Å². The van der Waals surface area contributed by atoms with Crippen LogP contribution in [0.4, 0.5) is 5.82 Å². The molecule has 1 saturated heterocycles. The van der Waals surface area contributed by atoms with Crippen LogP contribution in [0.5, 0.6) is 0 Å². The molecule has 1 fully saturated rings. The molecule has 11 nitrogen and oxygen atoms in total. The molecule has 0 spiro atoms. The number of rotatable bonds is 3. The minimum Gasteiger partial charge on any atom is -0.394 e. The predicted molar refractivity (Wildman–Crippen MR) is 91.1 cm³/mol. The zero-order valence-electron chi connectivity index (χ0n) is 14.5. The first-order valence-electron chi connectivity index (χ1n) is 8.07. The van der Waals surface area contributed by atoms with Gasteiger partial charge in [0.15, 0.2) is 17.4 Å². The fraction of sp³-hybridized carbons (Fsp3) is 0.533. The van der Waals surface area contributed by atoms with Crippen LogP contribution in [0.25, 0.3) is 16.9 Å². The molecular weight excluding hydrogens is 344 g/mol. The van der Waals surface area contributed by atoms with Crippen molar-refractivity contribution in [3.05, 3.63) is 22.9 Å². The number of hydrogen-bond donors (Lipinski definition) is 4. The minimum atomic E-state index is -1.70. The third kappa shape index (κ3) is 2.18. The fourth-order valence-corrected chi connectivity index (χ4v) is 3.25. The molecule has 4 heterocycles. The first-order chi connectivity index (χ1) is 12.3. The van der Waals surface area contributed by atoms with Gasteiger partial charge < -0.3 is 29.9 Å². The normalized spacial score (nSPS) is 29.1. The highest BCUT2D eigenvalue weighted by Gasteiger charge is 2.53. The van der Waals surface area contributed by atoms with Gasteiger partial charge >= 0.3 is 0 Å². The Morgan fingerprint density at radius 3 is 2.81 bits per heavy atom. The van der Waals surface area contributed by atoms with Gasteiger partial charge in [0.2, 0.25) is 5.78 Å². The number of aliphatic hydroxyl groups is 3. The second-order valence-corrected chi connectivity index (χ2v) is 6.85. The number of nitrogens with zero attached hydrogens (tertiary/aromatic N) is 5. The van der Waals surface area contributed by atoms with Gasteiger partial charge in [0.1, 0.15) is 23.6 Å². The summed E-state index contributed by atoms with van der Waals surface area (Å²) >= 11 is 0. The van der Waals surface area contributed by atoms with E-state index in [4.69, 9.17) is 4.74 Å². The molecule has 0 aromatic carbocycles. The molecule has 4 atom stereocenters. The summed E-state index contributed by atoms with van der Waals surface area (Å²) in [5.74, 6) is 0.999. The van der Waals surface area contributed by atoms with Gasteiger partial charge in [-0.1, -0.05) is 0 Å². The van der Waals surface area contributed by atoms with Crippen molar-refractivity contribution in [2.45, 2.75) is 31.0 Å². The molecule has 4 rings (SSSR count). The minimum absolute atomic E-state index is 0.105. The van der Waals surface area contributed by atoms with Gasteiger partial charge in [-0.15, -0.1) is 0 Å². The molecule has 0 bridgehead atoms. The van der Waals surface area contributed by atoms with Gasteiger partial charge in [-0.2, -0.15) is 4.98 Å². The molecule has 0 unspecified atom stereocenters. The van der Waals surface area contributed by atoms with E-state index in [2.05, 4.69) is 15.0 Å². The van der Waals surface area contributed by atoms with Crippen LogP contribution >= 0.6 is 0 Å². The molecule has 1 aliphatic rings. The molecule has 3 aromatic heterocycles. The number of imidazole rings is 2. The van der Waals surface area contributed by atoms with Crippen LogP contribution in [0.3, 0.4) is 0 Å². The third-order valence-electron chi connectivity index (χ3n) is 4.79. The summed E-state index contributed by atoms with van der Waals surface area (Å²) in [5.41, 5.74) is -1.75. The van der Waals surface area contributed by atoms with E-state index in [-0.39, 0.29) is 16.7 Å². The van der Waals surface area contributed by atoms with Crippen molar-refractivity contribution in [3.63, 3.8) is 0 Å². The number of nitrogens with one attached hydrogen (secondary N) is 1. The van der Waals surface area contributed by atoms with Crippen molar-refractivity contribution >= 4 is 22.8 Å². The van der Waals surface area contributed by atoms with E-state index in [9.17, 15) is 20.1 Å². The van der Waals surface area contributed by atoms with Gasteiger partial charge in [0, 0.05) is 14.1 Å². The summed E-state index contributed by atoms with van der Waals surface area (Å²) in [6.07, 6.45) is -0.362. The van der Waals surface area contributed by atoms with E-state index in [0.717, 1.165) is 0 Å². The van der Waals surface area contributed by atoms with Crippen LogP contribution in [0, 0.1) is 0 Å². The summed E-state index contributed by atoms with van der Waals surface area (Å²) in [5, 5.41) is 30.2. The predicted octanol–water partition coefficient (Wildman–Crippen LogP) is -1.56. The summed E-state index contributed by atoms with van der Waals surface area (Å²) in [7, 11) is 3.65. The smallest absolute Gasteiger partial charge is 0.287 e. The van der Waals surface area contributed by atoms with Gasteiger partial charge in [0.05, 0.1) is 19.1 Å². The Kier molecular flexibility index (Phi) is 3.60. The number of aliphatic hydroxyl groups excluding tert-OH is 2. The van der Waals surface area contributed by atoms with E-state index < -0.39 is 30.6 Å². The Morgan fingerprint density at radius 1 is 1.46 bits per heavy atom. The summed E-state index contributed by atoms with van der Waals surface area (Å²) in [4.78, 5) is 26.1. The lowest BCUT2D eigenvalue weighted by Gasteiger charge is -2.27. The molecule has 4 N–H and O–H groups in total. The maximum Gasteiger partial charge on any atom is 0.287 e. The van der Waals surface area contributed by atoms with Crippen LogP contribution < -0.4 is 10.5 Å². The zero-order valence-corrected chi connectivity index (χ0v) is 14.5. The highest BCUT2D eigenvalue weighted by molar-refractivity contribution is 5.72. The molecule has 0 radical (unpaired) electrons. The number of aromatic nitrogens is 5. The lowest BCUT2D eigenvalue weighted by molar-refractivity contribution is -0.0950. The van der Waals surface area contributed by atoms with Crippen molar-refractivity contribution in [1.82, 2.24) is 23.9 Å². The van der Waals surface area contributed by atoms with E-state index >= 15 is 0 Å². The zero-order chi connectivity index (χ0) is 18.8. The Hall–Kier alpha value is -2.47. The lowest BCUT2D eigenvalue weighted by Crippen LogP contribution is -2.44. The Labute approximate surface area is 147 Å². The van der Waals surface area contributed by atoms with Crippen LogP contribution in [0.15, 0.2) is 17.3 Å². The van der Waals surface area contributed by atoms with Gasteiger partial charge in [-0.3, -0.25) is 9.36 Å². The van der Waals surface area contributed by atoms with E-state index in [1.165, 1.54) is 22.2 Å². The van der Waals surface area contributed by atoms with Crippen molar-refractivity contribution in [2.75, 3.05) is 25.6 Å². The maximum absolute atomic E-state index is 12.7. The third-order valence-corrected chi connectivity index (χ3v) is 4.79. The number of hydrogen-bond acceptors (Lipinski definition) is 8. The van der Waals surface area contributed by atoms with Crippen LogP contribution in [0.2, 0.25) is 0 Å².